The molecular weight excluding hydrogens is 258 g/mol. The summed E-state index contributed by atoms with van der Waals surface area (Å²) in [4.78, 5) is 4.60. The number of nitrogens with one attached hydrogen (secondary N) is 1. The molecule has 1 atom stereocenters. The van der Waals surface area contributed by atoms with E-state index in [0.717, 1.165) is 22.9 Å². The number of para-hydroxylation sites is 1. The minimum absolute atomic E-state index is 0.152. The summed E-state index contributed by atoms with van der Waals surface area (Å²) in [5, 5.41) is 12.5. The van der Waals surface area contributed by atoms with Crippen molar-refractivity contribution in [2.24, 2.45) is 7.05 Å². The predicted molar refractivity (Wildman–Crippen MR) is 75.9 cm³/mol. The summed E-state index contributed by atoms with van der Waals surface area (Å²) in [7, 11) is 1.95. The molecule has 0 amide bonds. The van der Waals surface area contributed by atoms with Crippen molar-refractivity contribution >= 4 is 21.6 Å². The fourth-order valence-corrected chi connectivity index (χ4v) is 2.93. The number of benzene rings is 1. The fraction of sp³-hybridized carbons (Fsp3) is 0.308. The third-order valence-electron chi connectivity index (χ3n) is 3.03. The Morgan fingerprint density at radius 2 is 2.21 bits per heavy atom. The molecule has 2 heterocycles. The lowest BCUT2D eigenvalue weighted by Gasteiger charge is -2.11. The Morgan fingerprint density at radius 3 is 2.95 bits per heavy atom. The Hall–Kier alpha value is -1.79. The van der Waals surface area contributed by atoms with E-state index in [0.29, 0.717) is 0 Å². The monoisotopic (exact) mass is 273 g/mol. The molecule has 0 spiro atoms. The van der Waals surface area contributed by atoms with Gasteiger partial charge in [0.1, 0.15) is 17.2 Å². The van der Waals surface area contributed by atoms with Crippen molar-refractivity contribution in [3.63, 3.8) is 0 Å². The number of nitrogens with zero attached hydrogens (tertiary/aromatic N) is 4. The molecule has 2 aromatic heterocycles. The molecule has 0 saturated carbocycles. The van der Waals surface area contributed by atoms with Gasteiger partial charge in [-0.25, -0.2) is 4.98 Å². The summed E-state index contributed by atoms with van der Waals surface area (Å²) in [6.45, 7) is 2.82. The van der Waals surface area contributed by atoms with E-state index < -0.39 is 0 Å². The third-order valence-corrected chi connectivity index (χ3v) is 4.07. The lowest BCUT2D eigenvalue weighted by atomic mass is 10.3. The summed E-state index contributed by atoms with van der Waals surface area (Å²) in [6, 6.07) is 8.35. The van der Waals surface area contributed by atoms with Gasteiger partial charge in [0.15, 0.2) is 0 Å². The highest BCUT2D eigenvalue weighted by molar-refractivity contribution is 7.18. The first-order valence-corrected chi connectivity index (χ1v) is 6.97. The van der Waals surface area contributed by atoms with E-state index in [1.54, 1.807) is 17.7 Å². The number of hydrogen-bond donors (Lipinski definition) is 1. The van der Waals surface area contributed by atoms with Crippen LogP contribution >= 0.6 is 11.3 Å². The maximum absolute atomic E-state index is 4.60. The summed E-state index contributed by atoms with van der Waals surface area (Å²) in [5.41, 5.74) is 1.07. The van der Waals surface area contributed by atoms with Crippen molar-refractivity contribution in [3.8, 4) is 0 Å². The summed E-state index contributed by atoms with van der Waals surface area (Å²) >= 11 is 1.72. The molecule has 0 aliphatic rings. The second-order valence-corrected chi connectivity index (χ2v) is 5.59. The van der Waals surface area contributed by atoms with E-state index in [-0.39, 0.29) is 6.04 Å². The molecule has 0 saturated heterocycles. The minimum atomic E-state index is 0.152. The molecule has 0 aliphatic carbocycles. The quantitative estimate of drug-likeness (QED) is 0.792. The molecule has 3 aromatic rings. The molecule has 98 valence electrons. The first-order chi connectivity index (χ1) is 9.24. The van der Waals surface area contributed by atoms with E-state index in [4.69, 9.17) is 0 Å². The van der Waals surface area contributed by atoms with E-state index in [1.165, 1.54) is 4.70 Å². The number of hydrogen-bond acceptors (Lipinski definition) is 5. The van der Waals surface area contributed by atoms with E-state index in [2.05, 4.69) is 33.5 Å². The molecule has 0 bridgehead atoms. The van der Waals surface area contributed by atoms with Gasteiger partial charge in [-0.3, -0.25) is 0 Å². The largest absolute Gasteiger partial charge is 0.319 e. The van der Waals surface area contributed by atoms with Crippen LogP contribution in [-0.2, 0) is 13.6 Å². The van der Waals surface area contributed by atoms with Crippen LogP contribution in [0.5, 0.6) is 0 Å². The van der Waals surface area contributed by atoms with Crippen LogP contribution in [0.3, 0.4) is 0 Å². The van der Waals surface area contributed by atoms with Gasteiger partial charge < -0.3 is 9.88 Å². The van der Waals surface area contributed by atoms with Crippen LogP contribution in [0.25, 0.3) is 10.2 Å². The second kappa shape index (κ2) is 5.07. The number of fused-ring (bicyclic) bond motifs is 1. The van der Waals surface area contributed by atoms with Crippen LogP contribution in [0.1, 0.15) is 23.8 Å². The van der Waals surface area contributed by atoms with Gasteiger partial charge in [-0.15, -0.1) is 21.5 Å². The average Bonchev–Trinajstić information content (AvgIpc) is 3.01. The predicted octanol–water partition coefficient (Wildman–Crippen LogP) is 2.28. The van der Waals surface area contributed by atoms with Gasteiger partial charge >= 0.3 is 0 Å². The second-order valence-electron chi connectivity index (χ2n) is 4.48. The van der Waals surface area contributed by atoms with Crippen molar-refractivity contribution in [2.75, 3.05) is 0 Å². The zero-order chi connectivity index (χ0) is 13.2. The summed E-state index contributed by atoms with van der Waals surface area (Å²) in [6.07, 6.45) is 1.71. The molecule has 0 radical (unpaired) electrons. The summed E-state index contributed by atoms with van der Waals surface area (Å²) < 4.78 is 3.15. The van der Waals surface area contributed by atoms with Crippen molar-refractivity contribution in [1.29, 1.82) is 0 Å². The van der Waals surface area contributed by atoms with Gasteiger partial charge in [0.25, 0.3) is 0 Å². The van der Waals surface area contributed by atoms with Gasteiger partial charge in [-0.05, 0) is 19.1 Å². The molecule has 3 rings (SSSR count). The first-order valence-electron chi connectivity index (χ1n) is 6.16. The SMILES string of the molecule is CC(NCc1nc2ccccc2s1)c1nncn1C. The highest BCUT2D eigenvalue weighted by Gasteiger charge is 2.11. The van der Waals surface area contributed by atoms with Crippen molar-refractivity contribution in [2.45, 2.75) is 19.5 Å². The first kappa shape index (κ1) is 12.3. The van der Waals surface area contributed by atoms with Crippen LogP contribution in [0.15, 0.2) is 30.6 Å². The van der Waals surface area contributed by atoms with Crippen LogP contribution in [0, 0.1) is 0 Å². The number of aromatic nitrogens is 4. The lowest BCUT2D eigenvalue weighted by molar-refractivity contribution is 0.528. The van der Waals surface area contributed by atoms with Crippen LogP contribution in [0.2, 0.25) is 0 Å². The fourth-order valence-electron chi connectivity index (χ4n) is 2.01. The third kappa shape index (κ3) is 2.50. The number of thiazole rings is 1. The Kier molecular flexibility index (Phi) is 3.27. The minimum Gasteiger partial charge on any atom is -0.319 e. The normalized spacial score (nSPS) is 12.9. The standard InChI is InChI=1S/C13H15N5S/c1-9(13-17-15-8-18(13)2)14-7-12-16-10-5-3-4-6-11(10)19-12/h3-6,8-9,14H,7H2,1-2H3. The molecule has 6 heteroatoms. The Labute approximate surface area is 115 Å². The Balaban J connectivity index is 1.70. The topological polar surface area (TPSA) is 55.6 Å². The zero-order valence-corrected chi connectivity index (χ0v) is 11.7. The van der Waals surface area contributed by atoms with Crippen LogP contribution in [0.4, 0.5) is 0 Å². The van der Waals surface area contributed by atoms with Crippen molar-refractivity contribution in [1.82, 2.24) is 25.1 Å². The molecule has 5 nitrogen and oxygen atoms in total. The smallest absolute Gasteiger partial charge is 0.149 e. The molecule has 1 N–H and O–H groups in total. The summed E-state index contributed by atoms with van der Waals surface area (Å²) in [5.74, 6) is 0.932. The molecule has 0 fully saturated rings. The van der Waals surface area contributed by atoms with E-state index >= 15 is 0 Å². The van der Waals surface area contributed by atoms with Gasteiger partial charge in [0.2, 0.25) is 0 Å². The zero-order valence-electron chi connectivity index (χ0n) is 10.9. The van der Waals surface area contributed by atoms with E-state index in [1.807, 2.05) is 29.8 Å². The number of rotatable bonds is 4. The maximum atomic E-state index is 4.60. The van der Waals surface area contributed by atoms with E-state index in [9.17, 15) is 0 Å². The molecule has 1 aromatic carbocycles. The maximum Gasteiger partial charge on any atom is 0.149 e. The molecule has 0 aliphatic heterocycles. The van der Waals surface area contributed by atoms with Gasteiger partial charge in [-0.1, -0.05) is 12.1 Å². The van der Waals surface area contributed by atoms with Crippen LogP contribution in [-0.4, -0.2) is 19.7 Å². The van der Waals surface area contributed by atoms with Crippen molar-refractivity contribution in [3.05, 3.63) is 41.4 Å². The lowest BCUT2D eigenvalue weighted by Crippen LogP contribution is -2.20. The van der Waals surface area contributed by atoms with Gasteiger partial charge in [0.05, 0.1) is 16.3 Å². The Bertz CT molecular complexity index is 654. The molecular formula is C13H15N5S. The Morgan fingerprint density at radius 1 is 1.37 bits per heavy atom. The number of aryl methyl sites for hydroxylation is 1. The molecule has 19 heavy (non-hydrogen) atoms. The van der Waals surface area contributed by atoms with Gasteiger partial charge in [-0.2, -0.15) is 0 Å². The van der Waals surface area contributed by atoms with Crippen molar-refractivity contribution < 1.29 is 0 Å². The highest BCUT2D eigenvalue weighted by Crippen LogP contribution is 2.21. The average molecular weight is 273 g/mol. The highest BCUT2D eigenvalue weighted by atomic mass is 32.1. The molecule has 1 unspecified atom stereocenters. The van der Waals surface area contributed by atoms with Gasteiger partial charge in [0, 0.05) is 13.6 Å². The van der Waals surface area contributed by atoms with Crippen LogP contribution < -0.4 is 5.32 Å².